The third-order valence-electron chi connectivity index (χ3n) is 3.42. The van der Waals surface area contributed by atoms with Crippen LogP contribution in [0.15, 0.2) is 36.4 Å². The largest absolute Gasteiger partial charge is 0.293 e. The van der Waals surface area contributed by atoms with Crippen LogP contribution in [0.2, 0.25) is 0 Å². The maximum absolute atomic E-state index is 12.3. The molecule has 0 bridgehead atoms. The van der Waals surface area contributed by atoms with E-state index >= 15 is 0 Å². The molecule has 4 heteroatoms. The fourth-order valence-electron chi connectivity index (χ4n) is 2.08. The zero-order valence-corrected chi connectivity index (χ0v) is 12.0. The van der Waals surface area contributed by atoms with Gasteiger partial charge in [-0.2, -0.15) is 0 Å². The number of aryl methyl sites for hydroxylation is 1. The zero-order valence-electron chi connectivity index (χ0n) is 11.2. The van der Waals surface area contributed by atoms with Crippen LogP contribution in [-0.4, -0.2) is 25.7 Å². The second kappa shape index (κ2) is 4.78. The van der Waals surface area contributed by atoms with E-state index in [1.54, 1.807) is 6.07 Å². The third-order valence-corrected chi connectivity index (χ3v) is 4.92. The van der Waals surface area contributed by atoms with Crippen molar-refractivity contribution in [2.24, 2.45) is 0 Å². The molecule has 0 saturated heterocycles. The van der Waals surface area contributed by atoms with E-state index in [0.717, 1.165) is 22.6 Å². The second-order valence-corrected chi connectivity index (χ2v) is 7.18. The van der Waals surface area contributed by atoms with Gasteiger partial charge in [0.15, 0.2) is 15.6 Å². The number of fused-ring (bicyclic) bond motifs is 1. The van der Waals surface area contributed by atoms with Crippen LogP contribution in [0.1, 0.15) is 22.8 Å². The Labute approximate surface area is 113 Å². The summed E-state index contributed by atoms with van der Waals surface area (Å²) in [5, 5.41) is 0.774. The lowest BCUT2D eigenvalue weighted by molar-refractivity contribution is 0.0993. The number of ketones is 1. The van der Waals surface area contributed by atoms with Crippen LogP contribution in [0.4, 0.5) is 0 Å². The van der Waals surface area contributed by atoms with Gasteiger partial charge in [-0.3, -0.25) is 4.79 Å². The van der Waals surface area contributed by atoms with Crippen LogP contribution in [0.25, 0.3) is 10.8 Å². The number of carbonyl (C=O) groups is 1. The predicted molar refractivity (Wildman–Crippen MR) is 77.3 cm³/mol. The number of carbonyl (C=O) groups excluding carboxylic acids is 1. The maximum Gasteiger partial charge on any atom is 0.181 e. The summed E-state index contributed by atoms with van der Waals surface area (Å²) in [4.78, 5) is 12.3. The van der Waals surface area contributed by atoms with Gasteiger partial charge >= 0.3 is 0 Å². The second-order valence-electron chi connectivity index (χ2n) is 4.81. The highest BCUT2D eigenvalue weighted by Gasteiger charge is 2.26. The predicted octanol–water partition coefficient (Wildman–Crippen LogP) is 2.76. The summed E-state index contributed by atoms with van der Waals surface area (Å²) in [5.74, 6) is -0.348. The molecule has 0 radical (unpaired) electrons. The molecular weight excluding hydrogens is 260 g/mol. The number of Topliss-reactive ketones (excluding diaryl/α,β-unsaturated/α-hetero) is 1. The molecule has 0 aliphatic carbocycles. The molecule has 19 heavy (non-hydrogen) atoms. The van der Waals surface area contributed by atoms with E-state index in [0.29, 0.717) is 5.56 Å². The third kappa shape index (κ3) is 2.54. The number of benzene rings is 2. The molecule has 0 saturated carbocycles. The Balaban J connectivity index is 2.65. The SMILES string of the molecule is Cc1ccc(C(=O)C(C)S(C)(=O)=O)c2ccccc12. The fourth-order valence-corrected chi connectivity index (χ4v) is 2.59. The first-order valence-electron chi connectivity index (χ1n) is 6.04. The average molecular weight is 276 g/mol. The Hall–Kier alpha value is -1.68. The highest BCUT2D eigenvalue weighted by Crippen LogP contribution is 2.24. The van der Waals surface area contributed by atoms with Gasteiger partial charge in [0, 0.05) is 11.8 Å². The van der Waals surface area contributed by atoms with Crippen molar-refractivity contribution < 1.29 is 13.2 Å². The Kier molecular flexibility index (Phi) is 3.45. The zero-order chi connectivity index (χ0) is 14.2. The van der Waals surface area contributed by atoms with Gasteiger partial charge in [0.2, 0.25) is 0 Å². The van der Waals surface area contributed by atoms with E-state index < -0.39 is 15.1 Å². The molecule has 0 heterocycles. The number of rotatable bonds is 3. The Morgan fingerprint density at radius 1 is 1.05 bits per heavy atom. The van der Waals surface area contributed by atoms with Crippen LogP contribution in [-0.2, 0) is 9.84 Å². The highest BCUT2D eigenvalue weighted by atomic mass is 32.2. The Bertz CT molecular complexity index is 745. The Morgan fingerprint density at radius 2 is 1.63 bits per heavy atom. The van der Waals surface area contributed by atoms with E-state index in [1.165, 1.54) is 6.92 Å². The molecule has 2 aromatic rings. The number of hydrogen-bond donors (Lipinski definition) is 0. The van der Waals surface area contributed by atoms with Crippen molar-refractivity contribution in [1.29, 1.82) is 0 Å². The van der Waals surface area contributed by atoms with Gasteiger partial charge in [0.1, 0.15) is 5.25 Å². The van der Waals surface area contributed by atoms with Gasteiger partial charge in [0.25, 0.3) is 0 Å². The number of sulfone groups is 1. The van der Waals surface area contributed by atoms with Crippen LogP contribution in [0, 0.1) is 6.92 Å². The quantitative estimate of drug-likeness (QED) is 0.810. The lowest BCUT2D eigenvalue weighted by Crippen LogP contribution is -2.26. The van der Waals surface area contributed by atoms with E-state index in [4.69, 9.17) is 0 Å². The molecule has 100 valence electrons. The van der Waals surface area contributed by atoms with Gasteiger partial charge in [0.05, 0.1) is 0 Å². The topological polar surface area (TPSA) is 51.2 Å². The fraction of sp³-hybridized carbons (Fsp3) is 0.267. The van der Waals surface area contributed by atoms with Gasteiger partial charge in [-0.15, -0.1) is 0 Å². The molecule has 0 amide bonds. The molecular formula is C15H16O3S. The van der Waals surface area contributed by atoms with Gasteiger partial charge < -0.3 is 0 Å². The first-order chi connectivity index (χ1) is 8.82. The highest BCUT2D eigenvalue weighted by molar-refractivity contribution is 7.92. The number of hydrogen-bond acceptors (Lipinski definition) is 3. The minimum absolute atomic E-state index is 0.348. The van der Waals surface area contributed by atoms with Crippen molar-refractivity contribution in [1.82, 2.24) is 0 Å². The van der Waals surface area contributed by atoms with Crippen LogP contribution >= 0.6 is 0 Å². The summed E-state index contributed by atoms with van der Waals surface area (Å²) in [6.07, 6.45) is 1.09. The lowest BCUT2D eigenvalue weighted by Gasteiger charge is -2.12. The minimum Gasteiger partial charge on any atom is -0.293 e. The summed E-state index contributed by atoms with van der Waals surface area (Å²) < 4.78 is 23.1. The summed E-state index contributed by atoms with van der Waals surface area (Å²) in [6, 6.07) is 11.1. The summed E-state index contributed by atoms with van der Waals surface area (Å²) in [5.41, 5.74) is 1.54. The van der Waals surface area contributed by atoms with Crippen LogP contribution < -0.4 is 0 Å². The molecule has 0 spiro atoms. The molecule has 0 N–H and O–H groups in total. The minimum atomic E-state index is -3.38. The van der Waals surface area contributed by atoms with Gasteiger partial charge in [-0.1, -0.05) is 36.4 Å². The molecule has 0 aliphatic heterocycles. The van der Waals surface area contributed by atoms with Crippen molar-refractivity contribution >= 4 is 26.4 Å². The normalized spacial score (nSPS) is 13.4. The molecule has 1 unspecified atom stereocenters. The standard InChI is InChI=1S/C15H16O3S/c1-10-8-9-14(13-7-5-4-6-12(10)13)15(16)11(2)19(3,17)18/h4-9,11H,1-3H3. The summed E-state index contributed by atoms with van der Waals surface area (Å²) >= 11 is 0. The molecule has 2 rings (SSSR count). The van der Waals surface area contributed by atoms with Gasteiger partial charge in [-0.25, -0.2) is 8.42 Å². The Morgan fingerprint density at radius 3 is 2.21 bits per heavy atom. The molecule has 0 fully saturated rings. The lowest BCUT2D eigenvalue weighted by atomic mass is 9.97. The average Bonchev–Trinajstić information content (AvgIpc) is 2.37. The van der Waals surface area contributed by atoms with E-state index in [1.807, 2.05) is 37.3 Å². The van der Waals surface area contributed by atoms with Crippen molar-refractivity contribution in [2.45, 2.75) is 19.1 Å². The van der Waals surface area contributed by atoms with Crippen LogP contribution in [0.5, 0.6) is 0 Å². The van der Waals surface area contributed by atoms with E-state index in [9.17, 15) is 13.2 Å². The molecule has 1 atom stereocenters. The smallest absolute Gasteiger partial charge is 0.181 e. The van der Waals surface area contributed by atoms with E-state index in [-0.39, 0.29) is 5.78 Å². The molecule has 0 aromatic heterocycles. The molecule has 0 aliphatic rings. The summed E-state index contributed by atoms with van der Waals surface area (Å²) in [6.45, 7) is 3.41. The van der Waals surface area contributed by atoms with Crippen LogP contribution in [0.3, 0.4) is 0 Å². The van der Waals surface area contributed by atoms with Crippen molar-refractivity contribution in [3.8, 4) is 0 Å². The first kappa shape index (κ1) is 13.7. The van der Waals surface area contributed by atoms with Crippen molar-refractivity contribution in [2.75, 3.05) is 6.26 Å². The van der Waals surface area contributed by atoms with Crippen molar-refractivity contribution in [3.63, 3.8) is 0 Å². The van der Waals surface area contributed by atoms with Crippen molar-refractivity contribution in [3.05, 3.63) is 47.5 Å². The first-order valence-corrected chi connectivity index (χ1v) is 7.99. The monoisotopic (exact) mass is 276 g/mol. The maximum atomic E-state index is 12.3. The van der Waals surface area contributed by atoms with Gasteiger partial charge in [-0.05, 0) is 30.2 Å². The molecule has 2 aromatic carbocycles. The molecule has 3 nitrogen and oxygen atoms in total. The van der Waals surface area contributed by atoms with E-state index in [2.05, 4.69) is 0 Å². The summed E-state index contributed by atoms with van der Waals surface area (Å²) in [7, 11) is -3.38.